The topological polar surface area (TPSA) is 93.2 Å². The summed E-state index contributed by atoms with van der Waals surface area (Å²) in [5.74, 6) is -0.318. The number of nitrogens with zero attached hydrogens (tertiary/aromatic N) is 2. The summed E-state index contributed by atoms with van der Waals surface area (Å²) in [6, 6.07) is 8.91. The van der Waals surface area contributed by atoms with Gasteiger partial charge in [0, 0.05) is 6.20 Å². The third-order valence-electron chi connectivity index (χ3n) is 3.55. The molecule has 4 N–H and O–H groups in total. The number of aliphatic hydroxyl groups is 1. The van der Waals surface area contributed by atoms with Gasteiger partial charge in [-0.2, -0.15) is 5.10 Å². The lowest BCUT2D eigenvalue weighted by Crippen LogP contribution is -2.48. The molecule has 1 atom stereocenters. The Morgan fingerprint density at radius 1 is 1.43 bits per heavy atom. The van der Waals surface area contributed by atoms with Crippen LogP contribution < -0.4 is 11.1 Å². The number of carbonyl (C=O) groups is 1. The van der Waals surface area contributed by atoms with E-state index >= 15 is 0 Å². The molecule has 1 aromatic heterocycles. The monoisotopic (exact) mass is 288 g/mol. The van der Waals surface area contributed by atoms with Crippen molar-refractivity contribution in [2.24, 2.45) is 0 Å². The van der Waals surface area contributed by atoms with Crippen molar-refractivity contribution in [1.29, 1.82) is 0 Å². The first-order valence-electron chi connectivity index (χ1n) is 6.83. The zero-order valence-corrected chi connectivity index (χ0v) is 12.2. The molecule has 6 nitrogen and oxygen atoms in total. The molecule has 0 aliphatic rings. The van der Waals surface area contributed by atoms with E-state index in [4.69, 9.17) is 5.73 Å². The molecule has 1 aromatic carbocycles. The first-order chi connectivity index (χ1) is 9.99. The van der Waals surface area contributed by atoms with Crippen molar-refractivity contribution < 1.29 is 9.90 Å². The van der Waals surface area contributed by atoms with E-state index < -0.39 is 5.54 Å². The molecule has 1 unspecified atom stereocenters. The molecule has 0 aliphatic carbocycles. The fourth-order valence-electron chi connectivity index (χ4n) is 1.85. The summed E-state index contributed by atoms with van der Waals surface area (Å²) in [7, 11) is 0. The van der Waals surface area contributed by atoms with Gasteiger partial charge >= 0.3 is 0 Å². The van der Waals surface area contributed by atoms with Crippen molar-refractivity contribution in [2.45, 2.75) is 25.8 Å². The van der Waals surface area contributed by atoms with Crippen molar-refractivity contribution in [3.8, 4) is 5.69 Å². The van der Waals surface area contributed by atoms with Gasteiger partial charge in [-0.1, -0.05) is 19.1 Å². The summed E-state index contributed by atoms with van der Waals surface area (Å²) >= 11 is 0. The lowest BCUT2D eigenvalue weighted by atomic mass is 10.0. The van der Waals surface area contributed by atoms with Gasteiger partial charge in [0.25, 0.3) is 5.91 Å². The minimum atomic E-state index is -0.646. The number of para-hydroxylation sites is 2. The molecule has 0 saturated heterocycles. The first-order valence-corrected chi connectivity index (χ1v) is 6.83. The average Bonchev–Trinajstić information content (AvgIpc) is 2.97. The second-order valence-corrected chi connectivity index (χ2v) is 5.23. The second kappa shape index (κ2) is 5.97. The maximum Gasteiger partial charge on any atom is 0.272 e. The lowest BCUT2D eigenvalue weighted by molar-refractivity contribution is 0.0842. The minimum absolute atomic E-state index is 0.123. The number of anilines is 1. The Morgan fingerprint density at radius 3 is 2.76 bits per heavy atom. The number of hydrogen-bond acceptors (Lipinski definition) is 4. The molecule has 0 spiro atoms. The van der Waals surface area contributed by atoms with Gasteiger partial charge in [-0.3, -0.25) is 4.79 Å². The van der Waals surface area contributed by atoms with E-state index in [1.165, 1.54) is 0 Å². The molecule has 2 aromatic rings. The largest absolute Gasteiger partial charge is 0.397 e. The lowest BCUT2D eigenvalue weighted by Gasteiger charge is -2.26. The van der Waals surface area contributed by atoms with Crippen LogP contribution in [0.25, 0.3) is 5.69 Å². The van der Waals surface area contributed by atoms with Crippen LogP contribution in [0.5, 0.6) is 0 Å². The summed E-state index contributed by atoms with van der Waals surface area (Å²) in [5.41, 5.74) is 6.83. The number of nitrogen functional groups attached to an aromatic ring is 1. The normalized spacial score (nSPS) is 13.7. The maximum atomic E-state index is 12.2. The van der Waals surface area contributed by atoms with Crippen LogP contribution in [0.4, 0.5) is 5.69 Å². The van der Waals surface area contributed by atoms with Crippen molar-refractivity contribution in [3.05, 3.63) is 42.2 Å². The number of aromatic nitrogens is 2. The predicted molar refractivity (Wildman–Crippen MR) is 81.2 cm³/mol. The zero-order chi connectivity index (χ0) is 15.5. The fourth-order valence-corrected chi connectivity index (χ4v) is 1.85. The first kappa shape index (κ1) is 15.1. The molecule has 0 saturated carbocycles. The highest BCUT2D eigenvalue weighted by Gasteiger charge is 2.24. The van der Waals surface area contributed by atoms with Gasteiger partial charge in [-0.05, 0) is 31.5 Å². The zero-order valence-electron chi connectivity index (χ0n) is 12.2. The quantitative estimate of drug-likeness (QED) is 0.724. The third-order valence-corrected chi connectivity index (χ3v) is 3.55. The van der Waals surface area contributed by atoms with Crippen LogP contribution in [0.15, 0.2) is 36.5 Å². The standard InChI is InChI=1S/C15H20N4O2/c1-3-15(2,10-20)17-14(21)12-8-9-19(18-12)13-7-5-4-6-11(13)16/h4-9,20H,3,10,16H2,1-2H3,(H,17,21). The van der Waals surface area contributed by atoms with Gasteiger partial charge < -0.3 is 16.2 Å². The summed E-state index contributed by atoms with van der Waals surface area (Å²) in [5, 5.41) is 16.4. The summed E-state index contributed by atoms with van der Waals surface area (Å²) in [4.78, 5) is 12.2. The Balaban J connectivity index is 2.21. The van der Waals surface area contributed by atoms with E-state index in [1.807, 2.05) is 25.1 Å². The van der Waals surface area contributed by atoms with E-state index in [1.54, 1.807) is 29.9 Å². The van der Waals surface area contributed by atoms with E-state index in [2.05, 4.69) is 10.4 Å². The molecule has 2 rings (SSSR count). The van der Waals surface area contributed by atoms with Gasteiger partial charge in [0.2, 0.25) is 0 Å². The number of amides is 1. The van der Waals surface area contributed by atoms with Crippen LogP contribution in [-0.2, 0) is 0 Å². The van der Waals surface area contributed by atoms with Crippen LogP contribution in [0, 0.1) is 0 Å². The Labute approximate surface area is 123 Å². The van der Waals surface area contributed by atoms with Crippen LogP contribution in [0.2, 0.25) is 0 Å². The van der Waals surface area contributed by atoms with E-state index in [0.29, 0.717) is 12.1 Å². The van der Waals surface area contributed by atoms with Crippen molar-refractivity contribution in [1.82, 2.24) is 15.1 Å². The summed E-state index contributed by atoms with van der Waals surface area (Å²) < 4.78 is 1.56. The van der Waals surface area contributed by atoms with Crippen LogP contribution in [0.1, 0.15) is 30.8 Å². The van der Waals surface area contributed by atoms with Crippen LogP contribution >= 0.6 is 0 Å². The molecule has 0 radical (unpaired) electrons. The highest BCUT2D eigenvalue weighted by atomic mass is 16.3. The number of nitrogens with two attached hydrogens (primary N) is 1. The smallest absolute Gasteiger partial charge is 0.272 e. The molecule has 112 valence electrons. The summed E-state index contributed by atoms with van der Waals surface area (Å²) in [6.45, 7) is 3.57. The Bertz CT molecular complexity index is 632. The number of benzene rings is 1. The summed E-state index contributed by atoms with van der Waals surface area (Å²) in [6.07, 6.45) is 2.31. The molecule has 0 aliphatic heterocycles. The van der Waals surface area contributed by atoms with E-state index in [9.17, 15) is 9.90 Å². The molecule has 1 amide bonds. The van der Waals surface area contributed by atoms with E-state index in [0.717, 1.165) is 5.69 Å². The number of rotatable bonds is 5. The number of hydrogen-bond donors (Lipinski definition) is 3. The van der Waals surface area contributed by atoms with Crippen LogP contribution in [0.3, 0.4) is 0 Å². The highest BCUT2D eigenvalue weighted by Crippen LogP contribution is 2.16. The number of aliphatic hydroxyl groups excluding tert-OH is 1. The molecule has 6 heteroatoms. The highest BCUT2D eigenvalue weighted by molar-refractivity contribution is 5.92. The number of carbonyl (C=O) groups excluding carboxylic acids is 1. The number of nitrogens with one attached hydrogen (secondary N) is 1. The Kier molecular flexibility index (Phi) is 4.28. The average molecular weight is 288 g/mol. The SMILES string of the molecule is CCC(C)(CO)NC(=O)c1ccn(-c2ccccc2N)n1. The molecule has 0 bridgehead atoms. The van der Waals surface area contributed by atoms with Crippen molar-refractivity contribution in [3.63, 3.8) is 0 Å². The minimum Gasteiger partial charge on any atom is -0.397 e. The molecule has 1 heterocycles. The molecular weight excluding hydrogens is 268 g/mol. The van der Waals surface area contributed by atoms with Crippen molar-refractivity contribution >= 4 is 11.6 Å². The van der Waals surface area contributed by atoms with Gasteiger partial charge in [0.15, 0.2) is 5.69 Å². The van der Waals surface area contributed by atoms with Crippen molar-refractivity contribution in [2.75, 3.05) is 12.3 Å². The maximum absolute atomic E-state index is 12.2. The Morgan fingerprint density at radius 2 is 2.14 bits per heavy atom. The Hall–Kier alpha value is -2.34. The fraction of sp³-hybridized carbons (Fsp3) is 0.333. The predicted octanol–water partition coefficient (Wildman–Crippen LogP) is 1.35. The van der Waals surface area contributed by atoms with Gasteiger partial charge in [0.1, 0.15) is 0 Å². The molecule has 21 heavy (non-hydrogen) atoms. The third kappa shape index (κ3) is 3.22. The second-order valence-electron chi connectivity index (χ2n) is 5.23. The van der Waals surface area contributed by atoms with Gasteiger partial charge in [0.05, 0.1) is 23.5 Å². The van der Waals surface area contributed by atoms with E-state index in [-0.39, 0.29) is 18.2 Å². The molecular formula is C15H20N4O2. The van der Waals surface area contributed by atoms with Gasteiger partial charge in [-0.15, -0.1) is 0 Å². The van der Waals surface area contributed by atoms with Gasteiger partial charge in [-0.25, -0.2) is 4.68 Å². The van der Waals surface area contributed by atoms with Crippen LogP contribution in [-0.4, -0.2) is 32.9 Å². The molecule has 0 fully saturated rings.